The molecule has 0 nitrogen and oxygen atoms in total. The van der Waals surface area contributed by atoms with E-state index in [0.29, 0.717) is 0 Å². The van der Waals surface area contributed by atoms with Crippen LogP contribution in [-0.2, 0) is 0 Å². The van der Waals surface area contributed by atoms with Crippen LogP contribution in [0.3, 0.4) is 0 Å². The molecule has 0 aromatic carbocycles. The Labute approximate surface area is 107 Å². The summed E-state index contributed by atoms with van der Waals surface area (Å²) < 4.78 is 0. The average Bonchev–Trinajstić information content (AvgIpc) is 0. The maximum absolute atomic E-state index is 0. The van der Waals surface area contributed by atoms with E-state index in [0.717, 1.165) is 0 Å². The smallest absolute Gasteiger partial charge is 0.0149 e. The van der Waals surface area contributed by atoms with E-state index in [1.807, 2.05) is 0 Å². The summed E-state index contributed by atoms with van der Waals surface area (Å²) in [6, 6.07) is 0. The van der Waals surface area contributed by atoms with Gasteiger partial charge in [0, 0.05) is 0 Å². The van der Waals surface area contributed by atoms with Gasteiger partial charge in [0.1, 0.15) is 0 Å². The fourth-order valence-corrected chi connectivity index (χ4v) is 0. The Bertz CT molecular complexity index is 8.00. The molecule has 0 rings (SSSR count). The Kier molecular flexibility index (Phi) is 104. The normalized spacial score (nSPS) is 0. The minimum Gasteiger partial charge on any atom is -0.0149 e. The predicted molar refractivity (Wildman–Crippen MR) is 37.0 cm³/mol. The first-order chi connectivity index (χ1) is 0. The van der Waals surface area contributed by atoms with Crippen LogP contribution < -0.4 is 0 Å². The number of hydrogen-bond acceptors (Lipinski definition) is 0. The van der Waals surface area contributed by atoms with Crippen LogP contribution in [0.2, 0.25) is 0 Å². The Hall–Kier alpha value is 3.48. The van der Waals surface area contributed by atoms with Crippen LogP contribution >= 0.6 is 0 Å². The molecule has 0 aliphatic rings. The molecule has 0 aromatic rings. The quantitative estimate of drug-likeness (QED) is 0.358. The summed E-state index contributed by atoms with van der Waals surface area (Å²) in [6.07, 6.45) is 0. The van der Waals surface area contributed by atoms with Crippen LogP contribution in [0.25, 0.3) is 0 Å². The van der Waals surface area contributed by atoms with Crippen LogP contribution in [-0.4, -0.2) is 110 Å². The zero-order valence-electron chi connectivity index (χ0n) is 0.707. The van der Waals surface area contributed by atoms with Gasteiger partial charge in [-0.05, 0) is 11.0 Å². The molecule has 0 unspecified atom stereocenters. The zero-order valence-corrected chi connectivity index (χ0v) is 6.20. The van der Waals surface area contributed by atoms with Crippen molar-refractivity contribution in [2.45, 2.75) is 0 Å². The van der Waals surface area contributed by atoms with Crippen LogP contribution in [0, 0.1) is 0 Å². The molecule has 0 atom stereocenters. The first kappa shape index (κ1) is 25.9. The van der Waals surface area contributed by atoms with E-state index in [1.165, 1.54) is 0 Å². The fourth-order valence-electron chi connectivity index (χ4n) is 0. The molecule has 0 N–H and O–H groups in total. The molecule has 4 heteroatoms. The second-order valence-corrected chi connectivity index (χ2v) is 0. The molecule has 0 spiro atoms. The second kappa shape index (κ2) is 16.1. The third-order valence-corrected chi connectivity index (χ3v) is 0. The van der Waals surface area contributed by atoms with Crippen molar-refractivity contribution in [2.24, 2.45) is 0 Å². The standard InChI is InChI=1S/Ba.Mg.Pb.H4Si.6H/h;;;1H4;;;;;;. The van der Waals surface area contributed by atoms with Gasteiger partial charge in [-0.25, -0.2) is 0 Å². The Morgan fingerprint density at radius 2 is 1.00 bits per heavy atom. The van der Waals surface area contributed by atoms with Crippen molar-refractivity contribution in [3.05, 3.63) is 0 Å². The van der Waals surface area contributed by atoms with E-state index >= 15 is 0 Å². The van der Waals surface area contributed by atoms with E-state index in [4.69, 9.17) is 0 Å². The van der Waals surface area contributed by atoms with Crippen molar-refractivity contribution in [3.63, 3.8) is 0 Å². The molecule has 4 heavy (non-hydrogen) atoms. The summed E-state index contributed by atoms with van der Waals surface area (Å²) >= 11 is 0. The molecular formula is H10BaMgPbSi. The summed E-state index contributed by atoms with van der Waals surface area (Å²) in [5.41, 5.74) is 0. The van der Waals surface area contributed by atoms with Crippen molar-refractivity contribution >= 4 is 110 Å². The van der Waals surface area contributed by atoms with E-state index in [1.54, 1.807) is 0 Å². The minimum absolute atomic E-state index is 0. The zero-order chi connectivity index (χ0) is 0. The van der Waals surface area contributed by atoms with Gasteiger partial charge in [0.2, 0.25) is 0 Å². The molecule has 0 aliphatic carbocycles. The molecule has 22 valence electrons. The van der Waals surface area contributed by atoms with Gasteiger partial charge in [0.25, 0.3) is 0 Å². The van der Waals surface area contributed by atoms with Crippen molar-refractivity contribution in [2.75, 3.05) is 0 Å². The maximum atomic E-state index is 0. The topological polar surface area (TPSA) is 0 Å². The van der Waals surface area contributed by atoms with Crippen LogP contribution in [0.4, 0.5) is 0 Å². The van der Waals surface area contributed by atoms with Crippen molar-refractivity contribution in [3.8, 4) is 0 Å². The molecule has 0 aliphatic heterocycles. The maximum Gasteiger partial charge on any atom is -0.0149 e. The molecule has 0 amide bonds. The van der Waals surface area contributed by atoms with Gasteiger partial charge >= 0.3 is 99.2 Å². The predicted octanol–water partition coefficient (Wildman–Crippen LogP) is -4.20. The van der Waals surface area contributed by atoms with Crippen molar-refractivity contribution in [1.29, 1.82) is 0 Å². The molecule has 0 aromatic heterocycles. The fraction of sp³-hybridized carbons (Fsp3) is 0. The SMILES string of the molecule is [BaH2].[MgH2].[PbH2].[SiH4]. The van der Waals surface area contributed by atoms with Gasteiger partial charge in [0.05, 0.1) is 0 Å². The number of hydrogen-bond donors (Lipinski definition) is 0. The third-order valence-electron chi connectivity index (χ3n) is 0. The summed E-state index contributed by atoms with van der Waals surface area (Å²) in [5, 5.41) is 0. The first-order valence-electron chi connectivity index (χ1n) is 0. The molecule has 2 radical (unpaired) electrons. The summed E-state index contributed by atoms with van der Waals surface area (Å²) in [5.74, 6) is 0. The second-order valence-electron chi connectivity index (χ2n) is 0. The van der Waals surface area contributed by atoms with Crippen LogP contribution in [0.5, 0.6) is 0 Å². The monoisotopic (exact) mass is 408 g/mol. The molecule has 0 saturated heterocycles. The van der Waals surface area contributed by atoms with E-state index in [2.05, 4.69) is 0 Å². The van der Waals surface area contributed by atoms with Gasteiger partial charge in [-0.3, -0.25) is 0 Å². The summed E-state index contributed by atoms with van der Waals surface area (Å²) in [7, 11) is 0. The molecule has 0 bridgehead atoms. The Balaban J connectivity index is 0. The van der Waals surface area contributed by atoms with E-state index < -0.39 is 0 Å². The summed E-state index contributed by atoms with van der Waals surface area (Å²) in [6.45, 7) is 0. The Morgan fingerprint density at radius 1 is 1.00 bits per heavy atom. The van der Waals surface area contributed by atoms with Crippen molar-refractivity contribution < 1.29 is 0 Å². The largest absolute Gasteiger partial charge is 0.0149 e. The Morgan fingerprint density at radius 3 is 1.00 bits per heavy atom. The average molecular weight is 407 g/mol. The van der Waals surface area contributed by atoms with Crippen molar-refractivity contribution in [1.82, 2.24) is 0 Å². The molecule has 0 heterocycles. The van der Waals surface area contributed by atoms with E-state index in [-0.39, 0.29) is 110 Å². The van der Waals surface area contributed by atoms with Gasteiger partial charge in [-0.15, -0.1) is 0 Å². The van der Waals surface area contributed by atoms with E-state index in [9.17, 15) is 0 Å². The minimum atomic E-state index is 0. The van der Waals surface area contributed by atoms with Gasteiger partial charge in [0.15, 0.2) is 0 Å². The molecule has 0 fully saturated rings. The number of rotatable bonds is 0. The van der Waals surface area contributed by atoms with Gasteiger partial charge in [-0.1, -0.05) is 0 Å². The van der Waals surface area contributed by atoms with Crippen LogP contribution in [0.1, 0.15) is 0 Å². The third kappa shape index (κ3) is 9.08. The van der Waals surface area contributed by atoms with Gasteiger partial charge in [-0.2, -0.15) is 0 Å². The summed E-state index contributed by atoms with van der Waals surface area (Å²) in [4.78, 5) is 0. The van der Waals surface area contributed by atoms with Crippen LogP contribution in [0.15, 0.2) is 0 Å². The first-order valence-corrected chi connectivity index (χ1v) is 0. The molecular weight excluding hydrogens is 397 g/mol. The van der Waals surface area contributed by atoms with Gasteiger partial charge < -0.3 is 0 Å². The molecule has 0 saturated carbocycles.